The van der Waals surface area contributed by atoms with Gasteiger partial charge in [0.2, 0.25) is 0 Å². The van der Waals surface area contributed by atoms with E-state index in [4.69, 9.17) is 5.73 Å². The van der Waals surface area contributed by atoms with E-state index < -0.39 is 0 Å². The average molecular weight is 263 g/mol. The maximum atomic E-state index is 12.0. The standard InChI is InChI=1S/C15H25N3O/c1-10(2)9-18(11(3)4)14-8-12(16)6-7-13(14)15(19)17-5/h6-8,10-11H,9,16H2,1-5H3,(H,17,19). The van der Waals surface area contributed by atoms with Gasteiger partial charge in [0.1, 0.15) is 0 Å². The molecule has 0 aliphatic rings. The van der Waals surface area contributed by atoms with E-state index >= 15 is 0 Å². The molecule has 106 valence electrons. The molecule has 0 aromatic heterocycles. The minimum Gasteiger partial charge on any atom is -0.399 e. The van der Waals surface area contributed by atoms with Crippen molar-refractivity contribution >= 4 is 17.3 Å². The molecule has 0 saturated carbocycles. The highest BCUT2D eigenvalue weighted by atomic mass is 16.1. The normalized spacial score (nSPS) is 10.9. The Morgan fingerprint density at radius 2 is 1.95 bits per heavy atom. The first-order valence-corrected chi connectivity index (χ1v) is 6.75. The molecular formula is C15H25N3O. The van der Waals surface area contributed by atoms with Crippen LogP contribution in [-0.4, -0.2) is 25.5 Å². The number of nitrogen functional groups attached to an aromatic ring is 1. The number of hydrogen-bond donors (Lipinski definition) is 2. The fourth-order valence-corrected chi connectivity index (χ4v) is 2.09. The molecule has 0 radical (unpaired) electrons. The van der Waals surface area contributed by atoms with E-state index in [1.54, 1.807) is 19.2 Å². The van der Waals surface area contributed by atoms with Crippen molar-refractivity contribution in [3.05, 3.63) is 23.8 Å². The van der Waals surface area contributed by atoms with E-state index in [0.717, 1.165) is 12.2 Å². The van der Waals surface area contributed by atoms with Crippen molar-refractivity contribution in [2.24, 2.45) is 5.92 Å². The molecule has 1 rings (SSSR count). The van der Waals surface area contributed by atoms with Crippen LogP contribution in [-0.2, 0) is 0 Å². The van der Waals surface area contributed by atoms with Gasteiger partial charge >= 0.3 is 0 Å². The van der Waals surface area contributed by atoms with Crippen LogP contribution < -0.4 is 16.0 Å². The number of rotatable bonds is 5. The predicted molar refractivity (Wildman–Crippen MR) is 81.6 cm³/mol. The van der Waals surface area contributed by atoms with Crippen molar-refractivity contribution in [1.29, 1.82) is 0 Å². The molecule has 0 saturated heterocycles. The summed E-state index contributed by atoms with van der Waals surface area (Å²) in [4.78, 5) is 14.2. The van der Waals surface area contributed by atoms with Crippen molar-refractivity contribution in [1.82, 2.24) is 5.32 Å². The summed E-state index contributed by atoms with van der Waals surface area (Å²) in [7, 11) is 1.64. The summed E-state index contributed by atoms with van der Waals surface area (Å²) in [5, 5.41) is 2.68. The van der Waals surface area contributed by atoms with Gasteiger partial charge in [-0.25, -0.2) is 0 Å². The Kier molecular flexibility index (Phi) is 5.21. The van der Waals surface area contributed by atoms with Gasteiger partial charge in [-0.1, -0.05) is 13.8 Å². The number of anilines is 2. The SMILES string of the molecule is CNC(=O)c1ccc(N)cc1N(CC(C)C)C(C)C. The lowest BCUT2D eigenvalue weighted by atomic mass is 10.1. The number of nitrogens with two attached hydrogens (primary N) is 1. The van der Waals surface area contributed by atoms with Gasteiger partial charge in [-0.05, 0) is 38.0 Å². The highest BCUT2D eigenvalue weighted by Gasteiger charge is 2.19. The van der Waals surface area contributed by atoms with Gasteiger partial charge in [0, 0.05) is 25.3 Å². The van der Waals surface area contributed by atoms with Crippen LogP contribution in [0.1, 0.15) is 38.1 Å². The smallest absolute Gasteiger partial charge is 0.253 e. The van der Waals surface area contributed by atoms with Gasteiger partial charge in [0.05, 0.1) is 11.3 Å². The number of benzene rings is 1. The molecule has 1 amide bonds. The summed E-state index contributed by atoms with van der Waals surface area (Å²) in [5.74, 6) is 0.436. The topological polar surface area (TPSA) is 58.4 Å². The maximum absolute atomic E-state index is 12.0. The van der Waals surface area contributed by atoms with E-state index in [2.05, 4.69) is 37.9 Å². The van der Waals surface area contributed by atoms with Gasteiger partial charge in [-0.2, -0.15) is 0 Å². The summed E-state index contributed by atoms with van der Waals surface area (Å²) in [5.41, 5.74) is 8.14. The molecule has 0 spiro atoms. The number of carbonyl (C=O) groups is 1. The molecular weight excluding hydrogens is 238 g/mol. The van der Waals surface area contributed by atoms with Gasteiger partial charge < -0.3 is 16.0 Å². The first kappa shape index (κ1) is 15.3. The second-order valence-electron chi connectivity index (χ2n) is 5.50. The quantitative estimate of drug-likeness (QED) is 0.802. The number of hydrogen-bond acceptors (Lipinski definition) is 3. The van der Waals surface area contributed by atoms with E-state index in [1.807, 2.05) is 6.07 Å². The Balaban J connectivity index is 3.26. The largest absolute Gasteiger partial charge is 0.399 e. The van der Waals surface area contributed by atoms with Crippen molar-refractivity contribution < 1.29 is 4.79 Å². The van der Waals surface area contributed by atoms with Crippen LogP contribution in [0.25, 0.3) is 0 Å². The van der Waals surface area contributed by atoms with Gasteiger partial charge in [0.15, 0.2) is 0 Å². The number of nitrogens with zero attached hydrogens (tertiary/aromatic N) is 1. The first-order valence-electron chi connectivity index (χ1n) is 6.75. The third kappa shape index (κ3) is 3.88. The molecule has 0 fully saturated rings. The van der Waals surface area contributed by atoms with Gasteiger partial charge in [-0.3, -0.25) is 4.79 Å². The fraction of sp³-hybridized carbons (Fsp3) is 0.533. The molecule has 0 heterocycles. The van der Waals surface area contributed by atoms with Crippen LogP contribution in [0, 0.1) is 5.92 Å². The van der Waals surface area contributed by atoms with Crippen LogP contribution in [0.2, 0.25) is 0 Å². The van der Waals surface area contributed by atoms with Crippen LogP contribution >= 0.6 is 0 Å². The zero-order valence-corrected chi connectivity index (χ0v) is 12.5. The summed E-state index contributed by atoms with van der Waals surface area (Å²) in [6.45, 7) is 9.48. The summed E-state index contributed by atoms with van der Waals surface area (Å²) in [6, 6.07) is 5.75. The molecule has 0 bridgehead atoms. The summed E-state index contributed by atoms with van der Waals surface area (Å²) >= 11 is 0. The van der Waals surface area contributed by atoms with Crippen molar-refractivity contribution in [3.8, 4) is 0 Å². The second-order valence-corrected chi connectivity index (χ2v) is 5.50. The lowest BCUT2D eigenvalue weighted by molar-refractivity contribution is 0.0963. The predicted octanol–water partition coefficient (Wildman–Crippen LogP) is 2.50. The zero-order chi connectivity index (χ0) is 14.6. The number of amides is 1. The lowest BCUT2D eigenvalue weighted by Gasteiger charge is -2.32. The third-order valence-electron chi connectivity index (χ3n) is 2.99. The lowest BCUT2D eigenvalue weighted by Crippen LogP contribution is -2.36. The Labute approximate surface area is 116 Å². The Hall–Kier alpha value is -1.71. The van der Waals surface area contributed by atoms with E-state index in [9.17, 15) is 4.79 Å². The first-order chi connectivity index (χ1) is 8.86. The van der Waals surface area contributed by atoms with Crippen molar-refractivity contribution in [2.75, 3.05) is 24.2 Å². The summed E-state index contributed by atoms with van der Waals surface area (Å²) < 4.78 is 0. The van der Waals surface area contributed by atoms with Crippen molar-refractivity contribution in [2.45, 2.75) is 33.7 Å². The Morgan fingerprint density at radius 3 is 2.42 bits per heavy atom. The van der Waals surface area contributed by atoms with Crippen molar-refractivity contribution in [3.63, 3.8) is 0 Å². The molecule has 1 aromatic carbocycles. The number of carbonyl (C=O) groups excluding carboxylic acids is 1. The van der Waals surface area contributed by atoms with Crippen LogP contribution in [0.4, 0.5) is 11.4 Å². The minimum absolute atomic E-state index is 0.0793. The van der Waals surface area contributed by atoms with Crippen LogP contribution in [0.5, 0.6) is 0 Å². The highest BCUT2D eigenvalue weighted by molar-refractivity contribution is 6.00. The van der Waals surface area contributed by atoms with Gasteiger partial charge in [0.25, 0.3) is 5.91 Å². The molecule has 0 unspecified atom stereocenters. The Bertz CT molecular complexity index is 441. The third-order valence-corrected chi connectivity index (χ3v) is 2.99. The van der Waals surface area contributed by atoms with E-state index in [1.165, 1.54) is 0 Å². The fourth-order valence-electron chi connectivity index (χ4n) is 2.09. The molecule has 1 aromatic rings. The molecule has 4 heteroatoms. The van der Waals surface area contributed by atoms with E-state index in [-0.39, 0.29) is 5.91 Å². The van der Waals surface area contributed by atoms with Crippen LogP contribution in [0.15, 0.2) is 18.2 Å². The maximum Gasteiger partial charge on any atom is 0.253 e. The van der Waals surface area contributed by atoms with Crippen LogP contribution in [0.3, 0.4) is 0 Å². The highest BCUT2D eigenvalue weighted by Crippen LogP contribution is 2.26. The minimum atomic E-state index is -0.0793. The molecule has 4 nitrogen and oxygen atoms in total. The second kappa shape index (κ2) is 6.45. The molecule has 0 aliphatic carbocycles. The monoisotopic (exact) mass is 263 g/mol. The van der Waals surface area contributed by atoms with E-state index in [0.29, 0.717) is 23.2 Å². The molecule has 0 atom stereocenters. The number of nitrogens with one attached hydrogen (secondary N) is 1. The Morgan fingerprint density at radius 1 is 1.32 bits per heavy atom. The molecule has 3 N–H and O–H groups in total. The average Bonchev–Trinajstić information content (AvgIpc) is 2.34. The molecule has 19 heavy (non-hydrogen) atoms. The zero-order valence-electron chi connectivity index (χ0n) is 12.5. The molecule has 0 aliphatic heterocycles. The summed E-state index contributed by atoms with van der Waals surface area (Å²) in [6.07, 6.45) is 0. The van der Waals surface area contributed by atoms with Gasteiger partial charge in [-0.15, -0.1) is 0 Å².